The summed E-state index contributed by atoms with van der Waals surface area (Å²) >= 11 is 0. The third-order valence-electron chi connectivity index (χ3n) is 3.26. The summed E-state index contributed by atoms with van der Waals surface area (Å²) in [6.45, 7) is -0.349. The second-order valence-electron chi connectivity index (χ2n) is 5.12. The zero-order chi connectivity index (χ0) is 16.0. The van der Waals surface area contributed by atoms with Gasteiger partial charge in [-0.05, 0) is 13.1 Å². The highest BCUT2D eigenvalue weighted by Crippen LogP contribution is 2.17. The Bertz CT molecular complexity index is 430. The lowest BCUT2D eigenvalue weighted by molar-refractivity contribution is -0.118. The van der Waals surface area contributed by atoms with Crippen LogP contribution in [0.5, 0.6) is 5.75 Å². The number of nitrogens with zero attached hydrogens (tertiary/aromatic N) is 1. The van der Waals surface area contributed by atoms with Crippen LogP contribution in [0.15, 0.2) is 24.3 Å². The minimum absolute atomic E-state index is 0.0186. The summed E-state index contributed by atoms with van der Waals surface area (Å²) in [7, 11) is 1.68. The quantitative estimate of drug-likeness (QED) is 0.337. The number of para-hydroxylation sites is 1. The summed E-state index contributed by atoms with van der Waals surface area (Å²) in [4.78, 5) is 1.65. The molecule has 21 heavy (non-hydrogen) atoms. The lowest BCUT2D eigenvalue weighted by atomic mass is 10.0. The second-order valence-corrected chi connectivity index (χ2v) is 5.12. The first kappa shape index (κ1) is 17.8. The van der Waals surface area contributed by atoms with Gasteiger partial charge in [0.05, 0.1) is 12.7 Å². The summed E-state index contributed by atoms with van der Waals surface area (Å²) in [6, 6.07) is 6.76. The van der Waals surface area contributed by atoms with E-state index < -0.39 is 31.0 Å². The van der Waals surface area contributed by atoms with Crippen molar-refractivity contribution in [3.8, 4) is 5.75 Å². The first-order chi connectivity index (χ1) is 9.86. The fourth-order valence-electron chi connectivity index (χ4n) is 1.99. The Kier molecular flexibility index (Phi) is 7.03. The molecule has 0 saturated carbocycles. The van der Waals surface area contributed by atoms with Gasteiger partial charge in [-0.2, -0.15) is 0 Å². The third-order valence-corrected chi connectivity index (χ3v) is 3.26. The first-order valence-electron chi connectivity index (χ1n) is 6.65. The second kappa shape index (κ2) is 8.28. The Morgan fingerprint density at radius 2 is 1.57 bits per heavy atom. The molecule has 120 valence electrons. The molecule has 0 aliphatic heterocycles. The Balaban J connectivity index is 2.54. The SMILES string of the molecule is CN(Cc1ccccc1O)C[C@H](O)[C@@H](O)[C@H](O)[C@H](O)CO. The molecule has 7 heteroatoms. The third kappa shape index (κ3) is 5.24. The van der Waals surface area contributed by atoms with E-state index in [2.05, 4.69) is 0 Å². The number of phenols is 1. The van der Waals surface area contributed by atoms with E-state index in [1.54, 1.807) is 36.2 Å². The number of hydrogen-bond acceptors (Lipinski definition) is 7. The van der Waals surface area contributed by atoms with Crippen LogP contribution in [-0.4, -0.2) is 80.2 Å². The fourth-order valence-corrected chi connectivity index (χ4v) is 1.99. The molecule has 4 atom stereocenters. The Morgan fingerprint density at radius 3 is 2.14 bits per heavy atom. The molecule has 1 rings (SSSR count). The molecule has 0 aliphatic rings. The number of aliphatic hydroxyl groups is 5. The standard InChI is InChI=1S/C14H23NO6/c1-15(6-9-4-2-3-5-10(9)17)7-11(18)13(20)14(21)12(19)8-16/h2-5,11-14,16-21H,6-8H2,1H3/t11-,12+,13+,14+/m0/s1. The van der Waals surface area contributed by atoms with Crippen LogP contribution >= 0.6 is 0 Å². The normalized spacial score (nSPS) is 17.5. The van der Waals surface area contributed by atoms with Gasteiger partial charge in [0, 0.05) is 18.7 Å². The number of aromatic hydroxyl groups is 1. The number of benzene rings is 1. The lowest BCUT2D eigenvalue weighted by Gasteiger charge is -2.28. The number of aliphatic hydroxyl groups excluding tert-OH is 5. The Labute approximate surface area is 123 Å². The number of rotatable bonds is 8. The predicted octanol–water partition coefficient (Wildman–Crippen LogP) is -1.74. The molecular formula is C14H23NO6. The molecule has 0 bridgehead atoms. The van der Waals surface area contributed by atoms with Gasteiger partial charge < -0.3 is 30.6 Å². The van der Waals surface area contributed by atoms with Crippen LogP contribution in [0.2, 0.25) is 0 Å². The largest absolute Gasteiger partial charge is 0.508 e. The van der Waals surface area contributed by atoms with E-state index in [1.165, 1.54) is 0 Å². The maximum Gasteiger partial charge on any atom is 0.120 e. The first-order valence-corrected chi connectivity index (χ1v) is 6.65. The molecule has 7 nitrogen and oxygen atoms in total. The number of hydrogen-bond donors (Lipinski definition) is 6. The smallest absolute Gasteiger partial charge is 0.120 e. The maximum absolute atomic E-state index is 9.84. The van der Waals surface area contributed by atoms with E-state index in [1.807, 2.05) is 0 Å². The van der Waals surface area contributed by atoms with Crippen LogP contribution in [0.3, 0.4) is 0 Å². The van der Waals surface area contributed by atoms with Crippen LogP contribution in [-0.2, 0) is 6.54 Å². The van der Waals surface area contributed by atoms with Gasteiger partial charge in [-0.15, -0.1) is 0 Å². The molecule has 6 N–H and O–H groups in total. The fraction of sp³-hybridized carbons (Fsp3) is 0.571. The molecule has 0 unspecified atom stereocenters. The van der Waals surface area contributed by atoms with E-state index in [9.17, 15) is 25.5 Å². The van der Waals surface area contributed by atoms with Gasteiger partial charge in [0.2, 0.25) is 0 Å². The van der Waals surface area contributed by atoms with E-state index in [0.717, 1.165) is 0 Å². The van der Waals surface area contributed by atoms with Crippen LogP contribution < -0.4 is 0 Å². The zero-order valence-electron chi connectivity index (χ0n) is 11.9. The van der Waals surface area contributed by atoms with Gasteiger partial charge in [0.25, 0.3) is 0 Å². The van der Waals surface area contributed by atoms with E-state index in [-0.39, 0.29) is 12.3 Å². The topological polar surface area (TPSA) is 125 Å². The highest BCUT2D eigenvalue weighted by Gasteiger charge is 2.30. The van der Waals surface area contributed by atoms with Crippen molar-refractivity contribution in [2.45, 2.75) is 31.0 Å². The van der Waals surface area contributed by atoms with Gasteiger partial charge in [-0.1, -0.05) is 18.2 Å². The highest BCUT2D eigenvalue weighted by atomic mass is 16.4. The van der Waals surface area contributed by atoms with Crippen LogP contribution in [0, 0.1) is 0 Å². The van der Waals surface area contributed by atoms with Gasteiger partial charge in [0.15, 0.2) is 0 Å². The summed E-state index contributed by atoms with van der Waals surface area (Å²) in [5.41, 5.74) is 0.664. The zero-order valence-corrected chi connectivity index (χ0v) is 11.9. The van der Waals surface area contributed by atoms with Gasteiger partial charge >= 0.3 is 0 Å². The van der Waals surface area contributed by atoms with Gasteiger partial charge in [-0.3, -0.25) is 4.90 Å². The van der Waals surface area contributed by atoms with Crippen molar-refractivity contribution in [1.82, 2.24) is 4.90 Å². The molecule has 0 heterocycles. The summed E-state index contributed by atoms with van der Waals surface area (Å²) in [5, 5.41) is 56.7. The van der Waals surface area contributed by atoms with Crippen molar-refractivity contribution >= 4 is 0 Å². The molecular weight excluding hydrogens is 278 g/mol. The molecule has 0 spiro atoms. The minimum atomic E-state index is -1.64. The summed E-state index contributed by atoms with van der Waals surface area (Å²) in [5.74, 6) is 0.134. The molecule has 0 aromatic heterocycles. The maximum atomic E-state index is 9.84. The molecule has 1 aromatic rings. The van der Waals surface area contributed by atoms with Crippen molar-refractivity contribution in [3.63, 3.8) is 0 Å². The minimum Gasteiger partial charge on any atom is -0.508 e. The van der Waals surface area contributed by atoms with Crippen molar-refractivity contribution in [2.75, 3.05) is 20.2 Å². The van der Waals surface area contributed by atoms with Crippen molar-refractivity contribution in [2.24, 2.45) is 0 Å². The van der Waals surface area contributed by atoms with Crippen molar-refractivity contribution < 1.29 is 30.6 Å². The highest BCUT2D eigenvalue weighted by molar-refractivity contribution is 5.31. The molecule has 0 radical (unpaired) electrons. The van der Waals surface area contributed by atoms with Crippen LogP contribution in [0.1, 0.15) is 5.56 Å². The number of phenolic OH excluding ortho intramolecular Hbond substituents is 1. The Morgan fingerprint density at radius 1 is 1.00 bits per heavy atom. The van der Waals surface area contributed by atoms with Gasteiger partial charge in [0.1, 0.15) is 24.1 Å². The van der Waals surface area contributed by atoms with E-state index >= 15 is 0 Å². The molecule has 0 aliphatic carbocycles. The van der Waals surface area contributed by atoms with E-state index in [0.29, 0.717) is 12.1 Å². The van der Waals surface area contributed by atoms with E-state index in [4.69, 9.17) is 5.11 Å². The lowest BCUT2D eigenvalue weighted by Crippen LogP contribution is -2.49. The molecule has 0 saturated heterocycles. The molecule has 1 aromatic carbocycles. The number of likely N-dealkylation sites (N-methyl/N-ethyl adjacent to an activating group) is 1. The van der Waals surface area contributed by atoms with Crippen LogP contribution in [0.25, 0.3) is 0 Å². The average molecular weight is 301 g/mol. The summed E-state index contributed by atoms with van der Waals surface area (Å²) in [6.07, 6.45) is -6.04. The Hall–Kier alpha value is -1.22. The van der Waals surface area contributed by atoms with Gasteiger partial charge in [-0.25, -0.2) is 0 Å². The predicted molar refractivity (Wildman–Crippen MR) is 75.6 cm³/mol. The summed E-state index contributed by atoms with van der Waals surface area (Å²) < 4.78 is 0. The molecule has 0 amide bonds. The van der Waals surface area contributed by atoms with Crippen molar-refractivity contribution in [1.29, 1.82) is 0 Å². The average Bonchev–Trinajstić information content (AvgIpc) is 2.47. The van der Waals surface area contributed by atoms with Crippen molar-refractivity contribution in [3.05, 3.63) is 29.8 Å². The monoisotopic (exact) mass is 301 g/mol. The molecule has 0 fully saturated rings. The van der Waals surface area contributed by atoms with Crippen LogP contribution in [0.4, 0.5) is 0 Å².